The molecule has 1 fully saturated rings. The van der Waals surface area contributed by atoms with Gasteiger partial charge in [0.1, 0.15) is 6.04 Å². The first-order valence-electron chi connectivity index (χ1n) is 10.0. The van der Waals surface area contributed by atoms with Crippen molar-refractivity contribution in [3.63, 3.8) is 0 Å². The monoisotopic (exact) mass is 433 g/mol. The van der Waals surface area contributed by atoms with Crippen LogP contribution >= 0.6 is 22.9 Å². The quantitative estimate of drug-likeness (QED) is 0.697. The second-order valence-corrected chi connectivity index (χ2v) is 9.07. The number of amides is 2. The Morgan fingerprint density at radius 1 is 1.21 bits per heavy atom. The van der Waals surface area contributed by atoms with Gasteiger partial charge >= 0.3 is 0 Å². The van der Waals surface area contributed by atoms with Gasteiger partial charge in [0.2, 0.25) is 5.91 Å². The molecule has 1 aliphatic heterocycles. The van der Waals surface area contributed by atoms with Gasteiger partial charge in [-0.2, -0.15) is 0 Å². The third-order valence-electron chi connectivity index (χ3n) is 5.40. The Morgan fingerprint density at radius 3 is 2.52 bits per heavy atom. The second-order valence-electron chi connectivity index (χ2n) is 7.72. The molecule has 0 saturated carbocycles. The lowest BCUT2D eigenvalue weighted by molar-refractivity contribution is -0.122. The Kier molecular flexibility index (Phi) is 7.70. The number of rotatable bonds is 7. The van der Waals surface area contributed by atoms with Crippen molar-refractivity contribution in [1.29, 1.82) is 0 Å². The van der Waals surface area contributed by atoms with E-state index in [2.05, 4.69) is 27.7 Å². The number of benzene rings is 1. The minimum absolute atomic E-state index is 0.129. The normalized spacial score (nSPS) is 16.4. The lowest BCUT2D eigenvalue weighted by Crippen LogP contribution is -2.47. The predicted octanol–water partition coefficient (Wildman–Crippen LogP) is 3.86. The fraction of sp³-hybridized carbons (Fsp3) is 0.455. The Bertz CT molecular complexity index is 829. The number of piperidine rings is 1. The average Bonchev–Trinajstić information content (AvgIpc) is 3.15. The van der Waals surface area contributed by atoms with Gasteiger partial charge in [-0.05, 0) is 80.4 Å². The van der Waals surface area contributed by atoms with E-state index in [1.54, 1.807) is 6.92 Å². The van der Waals surface area contributed by atoms with Crippen molar-refractivity contribution in [2.45, 2.75) is 39.3 Å². The summed E-state index contributed by atoms with van der Waals surface area (Å²) in [5, 5.41) is 8.44. The number of hydrogen-bond acceptors (Lipinski definition) is 4. The van der Waals surface area contributed by atoms with E-state index in [1.165, 1.54) is 16.9 Å². The molecule has 1 unspecified atom stereocenters. The molecule has 2 aromatic rings. The van der Waals surface area contributed by atoms with E-state index in [0.29, 0.717) is 17.3 Å². The maximum atomic E-state index is 12.4. The summed E-state index contributed by atoms with van der Waals surface area (Å²) < 4.78 is 0. The number of carbonyl (C=O) groups excluding carboxylic acids is 2. The number of likely N-dealkylation sites (tertiary alicyclic amines) is 1. The standard InChI is InChI=1S/C22H28ClN3O2S/c1-15-9-12-29-20(15)22(28)25-16(2)21(27)24-13-17-7-10-26(11-8-17)14-18-3-5-19(23)6-4-18/h3-6,9,12,16-17H,7-8,10-11,13-14H2,1-2H3,(H,24,27)(H,25,28). The summed E-state index contributed by atoms with van der Waals surface area (Å²) in [5.41, 5.74) is 2.21. The number of carbonyl (C=O) groups is 2. The molecule has 2 heterocycles. The lowest BCUT2D eigenvalue weighted by atomic mass is 9.96. The van der Waals surface area contributed by atoms with Crippen LogP contribution in [0.15, 0.2) is 35.7 Å². The van der Waals surface area contributed by atoms with Crippen LogP contribution in [0.3, 0.4) is 0 Å². The van der Waals surface area contributed by atoms with E-state index >= 15 is 0 Å². The van der Waals surface area contributed by atoms with Gasteiger partial charge < -0.3 is 10.6 Å². The molecular formula is C22H28ClN3O2S. The zero-order valence-electron chi connectivity index (χ0n) is 16.9. The highest BCUT2D eigenvalue weighted by Gasteiger charge is 2.22. The van der Waals surface area contributed by atoms with Crippen LogP contribution in [0.5, 0.6) is 0 Å². The first-order chi connectivity index (χ1) is 13.9. The van der Waals surface area contributed by atoms with Crippen LogP contribution in [0, 0.1) is 12.8 Å². The molecular weight excluding hydrogens is 406 g/mol. The van der Waals surface area contributed by atoms with E-state index in [4.69, 9.17) is 11.6 Å². The zero-order valence-corrected chi connectivity index (χ0v) is 18.5. The summed E-state index contributed by atoms with van der Waals surface area (Å²) in [4.78, 5) is 27.7. The number of hydrogen-bond donors (Lipinski definition) is 2. The molecule has 1 atom stereocenters. The number of nitrogens with one attached hydrogen (secondary N) is 2. The maximum absolute atomic E-state index is 12.4. The zero-order chi connectivity index (χ0) is 20.8. The van der Waals surface area contributed by atoms with Gasteiger partial charge in [-0.3, -0.25) is 14.5 Å². The Hall–Kier alpha value is -1.89. The van der Waals surface area contributed by atoms with Crippen LogP contribution in [-0.4, -0.2) is 42.4 Å². The number of thiophene rings is 1. The summed E-state index contributed by atoms with van der Waals surface area (Å²) in [5.74, 6) is 0.162. The number of nitrogens with zero attached hydrogens (tertiary/aromatic N) is 1. The van der Waals surface area contributed by atoms with Crippen LogP contribution in [0.4, 0.5) is 0 Å². The minimum Gasteiger partial charge on any atom is -0.354 e. The smallest absolute Gasteiger partial charge is 0.262 e. The second kappa shape index (κ2) is 10.2. The molecule has 1 saturated heterocycles. The van der Waals surface area contributed by atoms with Gasteiger partial charge in [-0.25, -0.2) is 0 Å². The average molecular weight is 434 g/mol. The van der Waals surface area contributed by atoms with Gasteiger partial charge in [0.05, 0.1) is 4.88 Å². The molecule has 7 heteroatoms. The molecule has 0 spiro atoms. The Balaban J connectivity index is 1.37. The summed E-state index contributed by atoms with van der Waals surface area (Å²) in [7, 11) is 0. The van der Waals surface area contributed by atoms with Crippen LogP contribution in [0.1, 0.15) is 40.6 Å². The summed E-state index contributed by atoms with van der Waals surface area (Å²) >= 11 is 7.34. The molecule has 1 aliphatic rings. The third-order valence-corrected chi connectivity index (χ3v) is 6.67. The molecule has 3 rings (SSSR count). The van der Waals surface area contributed by atoms with Crippen LogP contribution in [-0.2, 0) is 11.3 Å². The molecule has 2 amide bonds. The fourth-order valence-corrected chi connectivity index (χ4v) is 4.48. The van der Waals surface area contributed by atoms with Crippen molar-refractivity contribution in [2.24, 2.45) is 5.92 Å². The first-order valence-corrected chi connectivity index (χ1v) is 11.3. The van der Waals surface area contributed by atoms with Crippen LogP contribution < -0.4 is 10.6 Å². The highest BCUT2D eigenvalue weighted by atomic mass is 35.5. The SMILES string of the molecule is Cc1ccsc1C(=O)NC(C)C(=O)NCC1CCN(Cc2ccc(Cl)cc2)CC1. The van der Waals surface area contributed by atoms with Crippen LogP contribution in [0.2, 0.25) is 5.02 Å². The largest absolute Gasteiger partial charge is 0.354 e. The van der Waals surface area contributed by atoms with Crippen molar-refractivity contribution in [3.05, 3.63) is 56.7 Å². The molecule has 1 aromatic carbocycles. The molecule has 5 nitrogen and oxygen atoms in total. The van der Waals surface area contributed by atoms with E-state index in [1.807, 2.05) is 30.5 Å². The molecule has 2 N–H and O–H groups in total. The molecule has 0 bridgehead atoms. The summed E-state index contributed by atoms with van der Waals surface area (Å²) in [6.45, 7) is 7.26. The van der Waals surface area contributed by atoms with Crippen molar-refractivity contribution in [1.82, 2.24) is 15.5 Å². The number of halogens is 1. The topological polar surface area (TPSA) is 61.4 Å². The van der Waals surface area contributed by atoms with Crippen molar-refractivity contribution in [3.8, 4) is 0 Å². The summed E-state index contributed by atoms with van der Waals surface area (Å²) in [6, 6.07) is 9.36. The van der Waals surface area contributed by atoms with Gasteiger partial charge in [-0.15, -0.1) is 11.3 Å². The fourth-order valence-electron chi connectivity index (χ4n) is 3.53. The van der Waals surface area contributed by atoms with E-state index in [-0.39, 0.29) is 11.8 Å². The third kappa shape index (κ3) is 6.29. The Morgan fingerprint density at radius 2 is 1.90 bits per heavy atom. The predicted molar refractivity (Wildman–Crippen MR) is 118 cm³/mol. The highest BCUT2D eigenvalue weighted by Crippen LogP contribution is 2.19. The highest BCUT2D eigenvalue weighted by molar-refractivity contribution is 7.12. The van der Waals surface area contributed by atoms with Crippen molar-refractivity contribution < 1.29 is 9.59 Å². The van der Waals surface area contributed by atoms with Crippen molar-refractivity contribution >= 4 is 34.8 Å². The molecule has 29 heavy (non-hydrogen) atoms. The lowest BCUT2D eigenvalue weighted by Gasteiger charge is -2.32. The molecule has 156 valence electrons. The van der Waals surface area contributed by atoms with Gasteiger partial charge in [0.25, 0.3) is 5.91 Å². The Labute approximate surface area is 181 Å². The van der Waals surface area contributed by atoms with E-state index in [0.717, 1.165) is 43.1 Å². The maximum Gasteiger partial charge on any atom is 0.262 e. The first kappa shape index (κ1) is 21.8. The molecule has 0 radical (unpaired) electrons. The van der Waals surface area contributed by atoms with Gasteiger partial charge in [0.15, 0.2) is 0 Å². The number of aryl methyl sites for hydroxylation is 1. The van der Waals surface area contributed by atoms with Crippen molar-refractivity contribution in [2.75, 3.05) is 19.6 Å². The van der Waals surface area contributed by atoms with Crippen LogP contribution in [0.25, 0.3) is 0 Å². The van der Waals surface area contributed by atoms with E-state index < -0.39 is 6.04 Å². The molecule has 1 aromatic heterocycles. The summed E-state index contributed by atoms with van der Waals surface area (Å²) in [6.07, 6.45) is 2.12. The van der Waals surface area contributed by atoms with Gasteiger partial charge in [0, 0.05) is 18.1 Å². The molecule has 0 aliphatic carbocycles. The van der Waals surface area contributed by atoms with Gasteiger partial charge in [-0.1, -0.05) is 23.7 Å². The minimum atomic E-state index is -0.547. The van der Waals surface area contributed by atoms with E-state index in [9.17, 15) is 9.59 Å².